The number of hydrogen-bond donors (Lipinski definition) is 2. The lowest BCUT2D eigenvalue weighted by molar-refractivity contribution is -0.138. The molecule has 0 saturated heterocycles. The molecule has 3 rings (SSSR count). The maximum absolute atomic E-state index is 11.0. The Morgan fingerprint density at radius 1 is 1.19 bits per heavy atom. The molecule has 110 valence electrons. The van der Waals surface area contributed by atoms with Crippen molar-refractivity contribution < 1.29 is 15.0 Å². The third-order valence-corrected chi connectivity index (χ3v) is 3.97. The number of rotatable bonds is 6. The van der Waals surface area contributed by atoms with Crippen molar-refractivity contribution in [2.24, 2.45) is 5.92 Å². The fourth-order valence-electron chi connectivity index (χ4n) is 2.76. The monoisotopic (exact) mass is 285 g/mol. The molecule has 4 nitrogen and oxygen atoms in total. The number of benzene rings is 2. The van der Waals surface area contributed by atoms with Gasteiger partial charge in [-0.05, 0) is 35.6 Å². The molecule has 1 aliphatic carbocycles. The molecule has 0 spiro atoms. The average Bonchev–Trinajstić information content (AvgIpc) is 3.25. The molecule has 0 aromatic heterocycles. The van der Waals surface area contributed by atoms with Gasteiger partial charge in [0.25, 0.3) is 0 Å². The molecule has 0 atom stereocenters. The van der Waals surface area contributed by atoms with Gasteiger partial charge in [0, 0.05) is 18.7 Å². The van der Waals surface area contributed by atoms with Gasteiger partial charge in [0.1, 0.15) is 5.75 Å². The normalized spacial score (nSPS) is 14.7. The van der Waals surface area contributed by atoms with Crippen LogP contribution in [0.15, 0.2) is 36.4 Å². The number of carbonyl (C=O) groups is 1. The summed E-state index contributed by atoms with van der Waals surface area (Å²) >= 11 is 0. The molecule has 0 aliphatic heterocycles. The first-order valence-corrected chi connectivity index (χ1v) is 7.27. The third kappa shape index (κ3) is 3.34. The molecule has 2 N–H and O–H groups in total. The summed E-state index contributed by atoms with van der Waals surface area (Å²) in [4.78, 5) is 13.0. The standard InChI is InChI=1S/C17H19NO3/c19-16-8-7-13-3-1-2-4-14(13)15(16)10-18(11-17(20)21)9-12-5-6-12/h1-4,7-8,12,19H,5-6,9-11H2,(H,20,21). The molecule has 21 heavy (non-hydrogen) atoms. The Hall–Kier alpha value is -2.07. The topological polar surface area (TPSA) is 60.8 Å². The molecule has 0 bridgehead atoms. The summed E-state index contributed by atoms with van der Waals surface area (Å²) in [6.45, 7) is 1.27. The van der Waals surface area contributed by atoms with Crippen LogP contribution in [0.3, 0.4) is 0 Å². The van der Waals surface area contributed by atoms with E-state index in [1.165, 1.54) is 12.8 Å². The maximum atomic E-state index is 11.0. The van der Waals surface area contributed by atoms with Crippen molar-refractivity contribution in [3.8, 4) is 5.75 Å². The zero-order valence-electron chi connectivity index (χ0n) is 11.8. The van der Waals surface area contributed by atoms with Crippen LogP contribution in [0, 0.1) is 5.92 Å². The molecule has 2 aromatic rings. The molecular formula is C17H19NO3. The van der Waals surface area contributed by atoms with Crippen molar-refractivity contribution in [3.05, 3.63) is 42.0 Å². The van der Waals surface area contributed by atoms with E-state index in [2.05, 4.69) is 0 Å². The number of hydrogen-bond acceptors (Lipinski definition) is 3. The van der Waals surface area contributed by atoms with Crippen LogP contribution >= 0.6 is 0 Å². The van der Waals surface area contributed by atoms with E-state index in [4.69, 9.17) is 5.11 Å². The van der Waals surface area contributed by atoms with Gasteiger partial charge in [-0.1, -0.05) is 30.3 Å². The SMILES string of the molecule is O=C(O)CN(Cc1c(O)ccc2ccccc12)CC1CC1. The van der Waals surface area contributed by atoms with Gasteiger partial charge in [0.2, 0.25) is 0 Å². The molecular weight excluding hydrogens is 266 g/mol. The summed E-state index contributed by atoms with van der Waals surface area (Å²) in [5, 5.41) is 21.3. The van der Waals surface area contributed by atoms with E-state index in [0.717, 1.165) is 22.9 Å². The van der Waals surface area contributed by atoms with E-state index in [1.807, 2.05) is 35.2 Å². The molecule has 0 heterocycles. The molecule has 1 fully saturated rings. The molecule has 0 unspecified atom stereocenters. The number of carboxylic acid groups (broad SMARTS) is 1. The summed E-state index contributed by atoms with van der Waals surface area (Å²) in [6.07, 6.45) is 2.36. The summed E-state index contributed by atoms with van der Waals surface area (Å²) < 4.78 is 0. The smallest absolute Gasteiger partial charge is 0.317 e. The van der Waals surface area contributed by atoms with E-state index in [0.29, 0.717) is 12.5 Å². The number of fused-ring (bicyclic) bond motifs is 1. The van der Waals surface area contributed by atoms with Crippen molar-refractivity contribution >= 4 is 16.7 Å². The second-order valence-corrected chi connectivity index (χ2v) is 5.79. The minimum absolute atomic E-state index is 0.0131. The first kappa shape index (κ1) is 13.9. The Kier molecular flexibility index (Phi) is 3.80. The minimum Gasteiger partial charge on any atom is -0.508 e. The van der Waals surface area contributed by atoms with E-state index in [1.54, 1.807) is 6.07 Å². The second-order valence-electron chi connectivity index (χ2n) is 5.79. The number of phenols is 1. The van der Waals surface area contributed by atoms with Crippen LogP contribution in [-0.2, 0) is 11.3 Å². The van der Waals surface area contributed by atoms with Gasteiger partial charge in [-0.15, -0.1) is 0 Å². The fourth-order valence-corrected chi connectivity index (χ4v) is 2.76. The van der Waals surface area contributed by atoms with E-state index in [9.17, 15) is 9.90 Å². The van der Waals surface area contributed by atoms with Crippen molar-refractivity contribution in [2.45, 2.75) is 19.4 Å². The number of carboxylic acids is 1. The summed E-state index contributed by atoms with van der Waals surface area (Å²) in [7, 11) is 0. The highest BCUT2D eigenvalue weighted by Crippen LogP contribution is 2.32. The Balaban J connectivity index is 1.90. The van der Waals surface area contributed by atoms with Crippen molar-refractivity contribution in [1.29, 1.82) is 0 Å². The van der Waals surface area contributed by atoms with Gasteiger partial charge >= 0.3 is 5.97 Å². The van der Waals surface area contributed by atoms with Crippen LogP contribution in [0.1, 0.15) is 18.4 Å². The molecule has 4 heteroatoms. The lowest BCUT2D eigenvalue weighted by Gasteiger charge is -2.21. The van der Waals surface area contributed by atoms with E-state index in [-0.39, 0.29) is 12.3 Å². The number of aromatic hydroxyl groups is 1. The molecule has 0 amide bonds. The molecule has 1 aliphatic rings. The summed E-state index contributed by atoms with van der Waals surface area (Å²) in [5.41, 5.74) is 0.815. The minimum atomic E-state index is -0.824. The first-order valence-electron chi connectivity index (χ1n) is 7.27. The van der Waals surface area contributed by atoms with Crippen LogP contribution in [0.4, 0.5) is 0 Å². The van der Waals surface area contributed by atoms with Crippen LogP contribution in [-0.4, -0.2) is 34.2 Å². The van der Waals surface area contributed by atoms with E-state index >= 15 is 0 Å². The highest BCUT2D eigenvalue weighted by molar-refractivity contribution is 5.87. The number of phenolic OH excluding ortho intramolecular Hbond substituents is 1. The van der Waals surface area contributed by atoms with Gasteiger partial charge < -0.3 is 10.2 Å². The molecule has 2 aromatic carbocycles. The zero-order valence-corrected chi connectivity index (χ0v) is 11.8. The van der Waals surface area contributed by atoms with Gasteiger partial charge in [0.15, 0.2) is 0 Å². The highest BCUT2D eigenvalue weighted by atomic mass is 16.4. The van der Waals surface area contributed by atoms with Crippen molar-refractivity contribution in [3.63, 3.8) is 0 Å². The number of nitrogens with zero attached hydrogens (tertiary/aromatic N) is 1. The van der Waals surface area contributed by atoms with Crippen LogP contribution in [0.2, 0.25) is 0 Å². The van der Waals surface area contributed by atoms with Gasteiger partial charge in [-0.3, -0.25) is 9.69 Å². The lowest BCUT2D eigenvalue weighted by Crippen LogP contribution is -2.31. The Labute approximate surface area is 123 Å². The Morgan fingerprint density at radius 3 is 2.67 bits per heavy atom. The number of aliphatic carboxylic acids is 1. The Bertz CT molecular complexity index is 664. The molecule has 1 saturated carbocycles. The van der Waals surface area contributed by atoms with E-state index < -0.39 is 5.97 Å². The van der Waals surface area contributed by atoms with Gasteiger partial charge in [-0.25, -0.2) is 0 Å². The zero-order chi connectivity index (χ0) is 14.8. The maximum Gasteiger partial charge on any atom is 0.317 e. The largest absolute Gasteiger partial charge is 0.508 e. The second kappa shape index (κ2) is 5.74. The first-order chi connectivity index (χ1) is 10.1. The fraction of sp³-hybridized carbons (Fsp3) is 0.353. The lowest BCUT2D eigenvalue weighted by atomic mass is 10.0. The van der Waals surface area contributed by atoms with Crippen molar-refractivity contribution in [1.82, 2.24) is 4.90 Å². The quantitative estimate of drug-likeness (QED) is 0.856. The van der Waals surface area contributed by atoms with Crippen LogP contribution < -0.4 is 0 Å². The predicted molar refractivity (Wildman–Crippen MR) is 81.2 cm³/mol. The van der Waals surface area contributed by atoms with Gasteiger partial charge in [0.05, 0.1) is 6.54 Å². The predicted octanol–water partition coefficient (Wildman–Crippen LogP) is 2.84. The van der Waals surface area contributed by atoms with Crippen LogP contribution in [0.5, 0.6) is 5.75 Å². The Morgan fingerprint density at radius 2 is 1.95 bits per heavy atom. The van der Waals surface area contributed by atoms with Crippen LogP contribution in [0.25, 0.3) is 10.8 Å². The summed E-state index contributed by atoms with van der Waals surface area (Å²) in [6, 6.07) is 11.4. The summed E-state index contributed by atoms with van der Waals surface area (Å²) in [5.74, 6) is 0.0248. The third-order valence-electron chi connectivity index (χ3n) is 3.97. The molecule has 0 radical (unpaired) electrons. The van der Waals surface area contributed by atoms with Gasteiger partial charge in [-0.2, -0.15) is 0 Å². The van der Waals surface area contributed by atoms with Crippen molar-refractivity contribution in [2.75, 3.05) is 13.1 Å². The average molecular weight is 285 g/mol. The highest BCUT2D eigenvalue weighted by Gasteiger charge is 2.26.